The molecule has 0 spiro atoms. The molecule has 134 valence electrons. The first kappa shape index (κ1) is 17.6. The highest BCUT2D eigenvalue weighted by Gasteiger charge is 2.28. The van der Waals surface area contributed by atoms with E-state index in [1.807, 2.05) is 18.7 Å². The minimum Gasteiger partial charge on any atom is -0.363 e. The average molecular weight is 366 g/mol. The number of nitrogens with zero attached hydrogens (tertiary/aromatic N) is 5. The number of aryl methyl sites for hydroxylation is 1. The van der Waals surface area contributed by atoms with Gasteiger partial charge in [-0.25, -0.2) is 0 Å². The monoisotopic (exact) mass is 365 g/mol. The van der Waals surface area contributed by atoms with Crippen molar-refractivity contribution in [3.05, 3.63) is 45.1 Å². The second kappa shape index (κ2) is 7.37. The van der Waals surface area contributed by atoms with Crippen LogP contribution >= 0.6 is 11.6 Å². The third kappa shape index (κ3) is 3.74. The molecule has 1 fully saturated rings. The summed E-state index contributed by atoms with van der Waals surface area (Å²) in [7, 11) is 0. The van der Waals surface area contributed by atoms with E-state index in [1.165, 1.54) is 6.07 Å². The molecule has 1 aromatic heterocycles. The molecule has 2 heterocycles. The largest absolute Gasteiger partial charge is 0.363 e. The molecular weight excluding hydrogens is 346 g/mol. The number of nitro benzene ring substituents is 1. The lowest BCUT2D eigenvalue weighted by atomic mass is 10.2. The summed E-state index contributed by atoms with van der Waals surface area (Å²) in [6.45, 7) is 6.89. The van der Waals surface area contributed by atoms with E-state index in [0.717, 1.165) is 19.5 Å². The Morgan fingerprint density at radius 2 is 2.08 bits per heavy atom. The second-order valence-corrected chi connectivity index (χ2v) is 6.43. The van der Waals surface area contributed by atoms with Crippen LogP contribution in [0.4, 0.5) is 11.4 Å². The van der Waals surface area contributed by atoms with Gasteiger partial charge in [0.2, 0.25) is 5.89 Å². The Morgan fingerprint density at radius 1 is 1.36 bits per heavy atom. The lowest BCUT2D eigenvalue weighted by Gasteiger charge is -2.37. The third-order valence-corrected chi connectivity index (χ3v) is 4.73. The maximum absolute atomic E-state index is 11.3. The average Bonchev–Trinajstić information content (AvgIpc) is 3.10. The molecule has 25 heavy (non-hydrogen) atoms. The van der Waals surface area contributed by atoms with Crippen LogP contribution in [-0.2, 0) is 6.42 Å². The van der Waals surface area contributed by atoms with Crippen LogP contribution in [0.1, 0.15) is 31.6 Å². The Labute approximate surface area is 150 Å². The van der Waals surface area contributed by atoms with E-state index in [0.29, 0.717) is 35.5 Å². The molecule has 1 unspecified atom stereocenters. The second-order valence-electron chi connectivity index (χ2n) is 5.99. The molecule has 1 aliphatic rings. The SMILES string of the molecule is CCc1noc(C(C)N2CCN(c3ccc(Cl)cc3[N+](=O)[O-])CC2)n1. The number of hydrogen-bond donors (Lipinski definition) is 0. The number of halogens is 1. The fourth-order valence-corrected chi connectivity index (χ4v) is 3.16. The number of aromatic nitrogens is 2. The molecule has 9 heteroatoms. The molecule has 0 aliphatic carbocycles. The number of hydrogen-bond acceptors (Lipinski definition) is 7. The number of anilines is 1. The minimum absolute atomic E-state index is 0.0233. The summed E-state index contributed by atoms with van der Waals surface area (Å²) in [5.74, 6) is 1.32. The summed E-state index contributed by atoms with van der Waals surface area (Å²) in [4.78, 5) is 19.5. The van der Waals surface area contributed by atoms with E-state index in [4.69, 9.17) is 16.1 Å². The molecule has 8 nitrogen and oxygen atoms in total. The maximum atomic E-state index is 11.3. The molecule has 0 radical (unpaired) electrons. The molecule has 1 aliphatic heterocycles. The summed E-state index contributed by atoms with van der Waals surface area (Å²) >= 11 is 5.89. The number of nitro groups is 1. The highest BCUT2D eigenvalue weighted by molar-refractivity contribution is 6.30. The van der Waals surface area contributed by atoms with Gasteiger partial charge in [-0.2, -0.15) is 4.98 Å². The molecule has 3 rings (SSSR count). The van der Waals surface area contributed by atoms with Crippen LogP contribution in [-0.4, -0.2) is 46.1 Å². The standard InChI is InChI=1S/C16H20ClN5O3/c1-3-15-18-16(25-19-15)11(2)20-6-8-21(9-7-20)13-5-4-12(17)10-14(13)22(23)24/h4-5,10-11H,3,6-9H2,1-2H3. The Kier molecular flexibility index (Phi) is 5.19. The third-order valence-electron chi connectivity index (χ3n) is 4.49. The Bertz CT molecular complexity index is 758. The number of rotatable bonds is 5. The van der Waals surface area contributed by atoms with Crippen LogP contribution in [0, 0.1) is 10.1 Å². The van der Waals surface area contributed by atoms with E-state index in [-0.39, 0.29) is 16.7 Å². The van der Waals surface area contributed by atoms with Gasteiger partial charge in [-0.3, -0.25) is 15.0 Å². The lowest BCUT2D eigenvalue weighted by molar-refractivity contribution is -0.384. The first-order valence-electron chi connectivity index (χ1n) is 8.25. The van der Waals surface area contributed by atoms with Crippen molar-refractivity contribution in [2.75, 3.05) is 31.1 Å². The van der Waals surface area contributed by atoms with Gasteiger partial charge in [-0.1, -0.05) is 23.7 Å². The van der Waals surface area contributed by atoms with E-state index in [1.54, 1.807) is 12.1 Å². The van der Waals surface area contributed by atoms with Gasteiger partial charge in [-0.05, 0) is 19.1 Å². The molecule has 0 saturated carbocycles. The van der Waals surface area contributed by atoms with Crippen molar-refractivity contribution in [1.82, 2.24) is 15.0 Å². The Hall–Kier alpha value is -2.19. The van der Waals surface area contributed by atoms with Crippen molar-refractivity contribution in [2.45, 2.75) is 26.3 Å². The highest BCUT2D eigenvalue weighted by atomic mass is 35.5. The van der Waals surface area contributed by atoms with Crippen LogP contribution in [0.15, 0.2) is 22.7 Å². The zero-order valence-corrected chi connectivity index (χ0v) is 14.9. The smallest absolute Gasteiger partial charge is 0.294 e. The van der Waals surface area contributed by atoms with Crippen LogP contribution in [0.25, 0.3) is 0 Å². The van der Waals surface area contributed by atoms with E-state index in [2.05, 4.69) is 15.0 Å². The quantitative estimate of drug-likeness (QED) is 0.594. The van der Waals surface area contributed by atoms with Gasteiger partial charge in [0.1, 0.15) is 5.69 Å². The summed E-state index contributed by atoms with van der Waals surface area (Å²) in [5.41, 5.74) is 0.645. The topological polar surface area (TPSA) is 88.5 Å². The van der Waals surface area contributed by atoms with Crippen LogP contribution in [0.5, 0.6) is 0 Å². The predicted octanol–water partition coefficient (Wildman–Crippen LogP) is 3.08. The molecule has 0 amide bonds. The van der Waals surface area contributed by atoms with Crippen LogP contribution in [0.3, 0.4) is 0 Å². The van der Waals surface area contributed by atoms with Gasteiger partial charge in [-0.15, -0.1) is 0 Å². The first-order chi connectivity index (χ1) is 12.0. The van der Waals surface area contributed by atoms with Gasteiger partial charge in [0.05, 0.1) is 11.0 Å². The predicted molar refractivity (Wildman–Crippen MR) is 94.0 cm³/mol. The number of benzene rings is 1. The molecule has 0 bridgehead atoms. The summed E-state index contributed by atoms with van der Waals surface area (Å²) in [6, 6.07) is 4.82. The van der Waals surface area contributed by atoms with Crippen molar-refractivity contribution in [3.8, 4) is 0 Å². The van der Waals surface area contributed by atoms with Gasteiger partial charge < -0.3 is 9.42 Å². The van der Waals surface area contributed by atoms with Crippen molar-refractivity contribution >= 4 is 23.0 Å². The summed E-state index contributed by atoms with van der Waals surface area (Å²) in [5, 5.41) is 15.6. The fraction of sp³-hybridized carbons (Fsp3) is 0.500. The zero-order valence-electron chi connectivity index (χ0n) is 14.2. The van der Waals surface area contributed by atoms with Crippen molar-refractivity contribution in [1.29, 1.82) is 0 Å². The van der Waals surface area contributed by atoms with Gasteiger partial charge in [0.25, 0.3) is 5.69 Å². The molecule has 1 aromatic carbocycles. The first-order valence-corrected chi connectivity index (χ1v) is 8.62. The summed E-state index contributed by atoms with van der Waals surface area (Å²) in [6.07, 6.45) is 0.740. The van der Waals surface area contributed by atoms with Gasteiger partial charge in [0.15, 0.2) is 5.82 Å². The van der Waals surface area contributed by atoms with Crippen molar-refractivity contribution in [3.63, 3.8) is 0 Å². The number of piperazine rings is 1. The Morgan fingerprint density at radius 3 is 2.68 bits per heavy atom. The van der Waals surface area contributed by atoms with Gasteiger partial charge in [0, 0.05) is 43.7 Å². The minimum atomic E-state index is -0.388. The van der Waals surface area contributed by atoms with E-state index in [9.17, 15) is 10.1 Å². The van der Waals surface area contributed by atoms with Crippen LogP contribution in [0.2, 0.25) is 5.02 Å². The molecule has 1 saturated heterocycles. The Balaban J connectivity index is 1.69. The summed E-state index contributed by atoms with van der Waals surface area (Å²) < 4.78 is 5.33. The molecular formula is C16H20ClN5O3. The molecule has 2 aromatic rings. The fourth-order valence-electron chi connectivity index (χ4n) is 3.00. The van der Waals surface area contributed by atoms with Crippen LogP contribution < -0.4 is 4.90 Å². The zero-order chi connectivity index (χ0) is 18.0. The van der Waals surface area contributed by atoms with Crippen molar-refractivity contribution in [2.24, 2.45) is 0 Å². The lowest BCUT2D eigenvalue weighted by Crippen LogP contribution is -2.47. The molecule has 0 N–H and O–H groups in total. The molecule has 1 atom stereocenters. The van der Waals surface area contributed by atoms with Gasteiger partial charge >= 0.3 is 0 Å². The van der Waals surface area contributed by atoms with E-state index < -0.39 is 0 Å². The normalized spacial score (nSPS) is 16.8. The maximum Gasteiger partial charge on any atom is 0.294 e. The van der Waals surface area contributed by atoms with E-state index >= 15 is 0 Å². The highest BCUT2D eigenvalue weighted by Crippen LogP contribution is 2.32. The van der Waals surface area contributed by atoms with Crippen molar-refractivity contribution < 1.29 is 9.45 Å².